The molecule has 0 bridgehead atoms. The minimum Gasteiger partial charge on any atom is -0.374 e. The highest BCUT2D eigenvalue weighted by molar-refractivity contribution is 6.02. The van der Waals surface area contributed by atoms with Gasteiger partial charge in [0.1, 0.15) is 11.6 Å². The van der Waals surface area contributed by atoms with Crippen LogP contribution in [0, 0.1) is 11.6 Å². The van der Waals surface area contributed by atoms with Crippen LogP contribution in [-0.2, 0) is 11.3 Å². The van der Waals surface area contributed by atoms with Crippen LogP contribution >= 0.6 is 0 Å². The van der Waals surface area contributed by atoms with E-state index in [1.807, 2.05) is 12.1 Å². The van der Waals surface area contributed by atoms with Gasteiger partial charge in [-0.3, -0.25) is 4.79 Å². The average molecular weight is 274 g/mol. The number of nitrogens with one attached hydrogen (secondary N) is 1. The van der Waals surface area contributed by atoms with E-state index in [2.05, 4.69) is 5.32 Å². The summed E-state index contributed by atoms with van der Waals surface area (Å²) < 4.78 is 27.4. The maximum absolute atomic E-state index is 13.7. The summed E-state index contributed by atoms with van der Waals surface area (Å²) in [6, 6.07) is 10.9. The minimum absolute atomic E-state index is 0.0995. The number of hydrogen-bond donors (Lipinski definition) is 1. The van der Waals surface area contributed by atoms with E-state index >= 15 is 0 Å². The van der Waals surface area contributed by atoms with E-state index in [1.165, 1.54) is 23.1 Å². The Bertz CT molecular complexity index is 652. The molecular formula is C15H12F2N2O. The molecule has 0 radical (unpaired) electrons. The summed E-state index contributed by atoms with van der Waals surface area (Å²) in [4.78, 5) is 13.4. The number of para-hydroxylation sites is 2. The predicted octanol–water partition coefficient (Wildman–Crippen LogP) is 2.92. The lowest BCUT2D eigenvalue weighted by Gasteiger charge is -2.30. The van der Waals surface area contributed by atoms with Crippen molar-refractivity contribution in [3.8, 4) is 0 Å². The number of halogens is 2. The lowest BCUT2D eigenvalue weighted by Crippen LogP contribution is -2.39. The van der Waals surface area contributed by atoms with Gasteiger partial charge in [-0.2, -0.15) is 0 Å². The van der Waals surface area contributed by atoms with Crippen LogP contribution in [0.2, 0.25) is 0 Å². The van der Waals surface area contributed by atoms with Crippen LogP contribution in [0.5, 0.6) is 0 Å². The second-order valence-corrected chi connectivity index (χ2v) is 4.55. The van der Waals surface area contributed by atoms with E-state index in [1.54, 1.807) is 12.1 Å². The molecule has 0 saturated heterocycles. The van der Waals surface area contributed by atoms with Gasteiger partial charge in [0.2, 0.25) is 5.91 Å². The fourth-order valence-electron chi connectivity index (χ4n) is 2.27. The van der Waals surface area contributed by atoms with E-state index < -0.39 is 11.6 Å². The number of rotatable bonds is 2. The zero-order chi connectivity index (χ0) is 14.1. The van der Waals surface area contributed by atoms with Crippen molar-refractivity contribution in [2.24, 2.45) is 0 Å². The maximum atomic E-state index is 13.7. The molecule has 0 saturated carbocycles. The van der Waals surface area contributed by atoms with Gasteiger partial charge in [0, 0.05) is 5.56 Å². The molecule has 20 heavy (non-hydrogen) atoms. The van der Waals surface area contributed by atoms with Crippen LogP contribution in [0.15, 0.2) is 42.5 Å². The molecule has 0 aliphatic carbocycles. The molecule has 3 nitrogen and oxygen atoms in total. The highest BCUT2D eigenvalue weighted by Gasteiger charge is 2.25. The summed E-state index contributed by atoms with van der Waals surface area (Å²) in [5.74, 6) is -1.51. The molecule has 102 valence electrons. The van der Waals surface area contributed by atoms with Gasteiger partial charge < -0.3 is 10.2 Å². The first kappa shape index (κ1) is 12.6. The number of benzene rings is 2. The molecule has 1 amide bonds. The number of nitrogens with zero attached hydrogens (tertiary/aromatic N) is 1. The van der Waals surface area contributed by atoms with Gasteiger partial charge in [0.15, 0.2) is 0 Å². The number of hydrogen-bond acceptors (Lipinski definition) is 2. The molecule has 0 spiro atoms. The molecular weight excluding hydrogens is 262 g/mol. The van der Waals surface area contributed by atoms with E-state index in [0.717, 1.165) is 5.69 Å². The van der Waals surface area contributed by atoms with E-state index in [9.17, 15) is 13.6 Å². The second kappa shape index (κ2) is 4.92. The van der Waals surface area contributed by atoms with E-state index in [-0.39, 0.29) is 24.6 Å². The van der Waals surface area contributed by atoms with Crippen LogP contribution < -0.4 is 10.2 Å². The fourth-order valence-corrected chi connectivity index (χ4v) is 2.27. The Labute approximate surface area is 114 Å². The first-order chi connectivity index (χ1) is 9.66. The molecule has 1 N–H and O–H groups in total. The second-order valence-electron chi connectivity index (χ2n) is 4.55. The van der Waals surface area contributed by atoms with Gasteiger partial charge in [-0.1, -0.05) is 18.2 Å². The summed E-state index contributed by atoms with van der Waals surface area (Å²) in [6.45, 7) is 0.00309. The van der Waals surface area contributed by atoms with Crippen LogP contribution in [0.4, 0.5) is 20.2 Å². The average Bonchev–Trinajstić information content (AvgIpc) is 2.45. The lowest BCUT2D eigenvalue weighted by atomic mass is 10.1. The Morgan fingerprint density at radius 2 is 1.75 bits per heavy atom. The molecule has 1 aliphatic heterocycles. The van der Waals surface area contributed by atoms with Crippen molar-refractivity contribution in [1.29, 1.82) is 0 Å². The minimum atomic E-state index is -0.645. The zero-order valence-corrected chi connectivity index (χ0v) is 10.6. The summed E-state index contributed by atoms with van der Waals surface area (Å²) in [7, 11) is 0. The van der Waals surface area contributed by atoms with Crippen LogP contribution in [0.3, 0.4) is 0 Å². The third kappa shape index (κ3) is 2.11. The molecule has 5 heteroatoms. The van der Waals surface area contributed by atoms with E-state index in [4.69, 9.17) is 0 Å². The standard InChI is InChI=1S/C15H12F2N2O/c16-11-4-3-5-12(17)10(11)9-19-14-7-2-1-6-13(14)18-8-15(19)20/h1-7,18H,8-9H2. The van der Waals surface area contributed by atoms with Crippen molar-refractivity contribution in [2.45, 2.75) is 6.54 Å². The first-order valence-electron chi connectivity index (χ1n) is 6.23. The normalized spacial score (nSPS) is 13.9. The van der Waals surface area contributed by atoms with Crippen LogP contribution in [-0.4, -0.2) is 12.5 Å². The van der Waals surface area contributed by atoms with Crippen molar-refractivity contribution in [1.82, 2.24) is 0 Å². The lowest BCUT2D eigenvalue weighted by molar-refractivity contribution is -0.117. The predicted molar refractivity (Wildman–Crippen MR) is 72.5 cm³/mol. The Hall–Kier alpha value is -2.43. The fraction of sp³-hybridized carbons (Fsp3) is 0.133. The third-order valence-corrected chi connectivity index (χ3v) is 3.30. The van der Waals surface area contributed by atoms with Gasteiger partial charge in [0.05, 0.1) is 24.5 Å². The molecule has 0 atom stereocenters. The highest BCUT2D eigenvalue weighted by atomic mass is 19.1. The van der Waals surface area contributed by atoms with E-state index in [0.29, 0.717) is 5.69 Å². The maximum Gasteiger partial charge on any atom is 0.246 e. The number of anilines is 2. The number of carbonyl (C=O) groups excluding carboxylic acids is 1. The SMILES string of the molecule is O=C1CNc2ccccc2N1Cc1c(F)cccc1F. The summed E-state index contributed by atoms with van der Waals surface area (Å²) in [5.41, 5.74) is 1.31. The topological polar surface area (TPSA) is 32.3 Å². The van der Waals surface area contributed by atoms with Crippen molar-refractivity contribution < 1.29 is 13.6 Å². The molecule has 0 aromatic heterocycles. The quantitative estimate of drug-likeness (QED) is 0.913. The summed E-state index contributed by atoms with van der Waals surface area (Å²) in [6.07, 6.45) is 0. The van der Waals surface area contributed by atoms with Crippen molar-refractivity contribution >= 4 is 17.3 Å². The largest absolute Gasteiger partial charge is 0.374 e. The smallest absolute Gasteiger partial charge is 0.246 e. The van der Waals surface area contributed by atoms with Crippen LogP contribution in [0.25, 0.3) is 0 Å². The molecule has 3 rings (SSSR count). The Kier molecular flexibility index (Phi) is 3.10. The van der Waals surface area contributed by atoms with Crippen molar-refractivity contribution in [2.75, 3.05) is 16.8 Å². The van der Waals surface area contributed by atoms with Crippen molar-refractivity contribution in [3.63, 3.8) is 0 Å². The molecule has 1 heterocycles. The molecule has 2 aromatic rings. The van der Waals surface area contributed by atoms with Gasteiger partial charge in [-0.15, -0.1) is 0 Å². The summed E-state index contributed by atoms with van der Waals surface area (Å²) in [5, 5.41) is 2.98. The Morgan fingerprint density at radius 3 is 2.50 bits per heavy atom. The molecule has 1 aliphatic rings. The summed E-state index contributed by atoms with van der Waals surface area (Å²) >= 11 is 0. The zero-order valence-electron chi connectivity index (χ0n) is 10.6. The molecule has 2 aromatic carbocycles. The monoisotopic (exact) mass is 274 g/mol. The van der Waals surface area contributed by atoms with Gasteiger partial charge in [-0.25, -0.2) is 8.78 Å². The van der Waals surface area contributed by atoms with Gasteiger partial charge in [-0.05, 0) is 24.3 Å². The molecule has 0 fully saturated rings. The van der Waals surface area contributed by atoms with Crippen LogP contribution in [0.1, 0.15) is 5.56 Å². The number of carbonyl (C=O) groups is 1. The van der Waals surface area contributed by atoms with Gasteiger partial charge in [0.25, 0.3) is 0 Å². The van der Waals surface area contributed by atoms with Gasteiger partial charge >= 0.3 is 0 Å². The Balaban J connectivity index is 2.00. The van der Waals surface area contributed by atoms with Crippen molar-refractivity contribution in [3.05, 3.63) is 59.7 Å². The first-order valence-corrected chi connectivity index (χ1v) is 6.23. The Morgan fingerprint density at radius 1 is 1.05 bits per heavy atom. The third-order valence-electron chi connectivity index (χ3n) is 3.30. The number of fused-ring (bicyclic) bond motifs is 1. The highest BCUT2D eigenvalue weighted by Crippen LogP contribution is 2.30. The molecule has 0 unspecified atom stereocenters. The number of amides is 1.